The molecular weight excluding hydrogens is 258 g/mol. The molecule has 1 saturated heterocycles. The summed E-state index contributed by atoms with van der Waals surface area (Å²) in [6, 6.07) is 0.00737. The molecular formula is C14H27N3O3. The summed E-state index contributed by atoms with van der Waals surface area (Å²) in [5.74, 6) is 0.619. The smallest absolute Gasteiger partial charge is 0.410 e. The first-order valence-electron chi connectivity index (χ1n) is 7.11. The van der Waals surface area contributed by atoms with Gasteiger partial charge in [-0.1, -0.05) is 6.92 Å². The molecule has 116 valence electrons. The second-order valence-electron chi connectivity index (χ2n) is 5.99. The van der Waals surface area contributed by atoms with E-state index in [9.17, 15) is 9.59 Å². The molecule has 2 amide bonds. The molecule has 0 aromatic rings. The molecule has 6 heteroatoms. The topological polar surface area (TPSA) is 53.1 Å². The number of hydrogen-bond donors (Lipinski definition) is 0. The maximum Gasteiger partial charge on any atom is 0.410 e. The molecule has 0 saturated carbocycles. The molecule has 2 atom stereocenters. The minimum absolute atomic E-state index is 0.00737. The van der Waals surface area contributed by atoms with E-state index >= 15 is 0 Å². The number of likely N-dealkylation sites (tertiary alicyclic amines) is 1. The van der Waals surface area contributed by atoms with E-state index in [0.29, 0.717) is 12.6 Å². The van der Waals surface area contributed by atoms with Gasteiger partial charge in [-0.05, 0) is 32.9 Å². The third-order valence-corrected chi connectivity index (χ3v) is 3.59. The molecule has 1 heterocycles. The van der Waals surface area contributed by atoms with Crippen molar-refractivity contribution in [1.29, 1.82) is 0 Å². The fourth-order valence-electron chi connectivity index (χ4n) is 2.58. The number of ether oxygens (including phenoxy) is 1. The molecule has 2 unspecified atom stereocenters. The van der Waals surface area contributed by atoms with Crippen LogP contribution in [0.2, 0.25) is 0 Å². The monoisotopic (exact) mass is 285 g/mol. The lowest BCUT2D eigenvalue weighted by Gasteiger charge is -2.37. The van der Waals surface area contributed by atoms with Crippen molar-refractivity contribution < 1.29 is 14.3 Å². The van der Waals surface area contributed by atoms with Crippen LogP contribution < -0.4 is 0 Å². The predicted molar refractivity (Wildman–Crippen MR) is 77.2 cm³/mol. The molecule has 0 radical (unpaired) electrons. The maximum absolute atomic E-state index is 11.9. The first kappa shape index (κ1) is 16.8. The highest BCUT2D eigenvalue weighted by Gasteiger charge is 2.29. The van der Waals surface area contributed by atoms with Gasteiger partial charge >= 0.3 is 6.09 Å². The fourth-order valence-corrected chi connectivity index (χ4v) is 2.58. The fraction of sp³-hybridized carbons (Fsp3) is 0.857. The zero-order chi connectivity index (χ0) is 15.3. The normalized spacial score (nSPS) is 22.8. The Bertz CT molecular complexity index is 347. The van der Waals surface area contributed by atoms with Crippen LogP contribution in [0.4, 0.5) is 4.79 Å². The zero-order valence-electron chi connectivity index (χ0n) is 13.3. The lowest BCUT2D eigenvalue weighted by Crippen LogP contribution is -2.48. The third kappa shape index (κ3) is 5.00. The van der Waals surface area contributed by atoms with Gasteiger partial charge in [-0.25, -0.2) is 4.79 Å². The molecule has 6 nitrogen and oxygen atoms in total. The molecule has 1 fully saturated rings. The highest BCUT2D eigenvalue weighted by atomic mass is 16.6. The van der Waals surface area contributed by atoms with Gasteiger partial charge in [-0.2, -0.15) is 0 Å². The Balaban J connectivity index is 2.48. The highest BCUT2D eigenvalue weighted by molar-refractivity contribution is 5.73. The number of nitrogens with zero attached hydrogens (tertiary/aromatic N) is 3. The van der Waals surface area contributed by atoms with Gasteiger partial charge in [0.2, 0.25) is 5.91 Å². The zero-order valence-corrected chi connectivity index (χ0v) is 13.3. The summed E-state index contributed by atoms with van der Waals surface area (Å²) < 4.78 is 5.34. The van der Waals surface area contributed by atoms with Gasteiger partial charge in [0.25, 0.3) is 0 Å². The van der Waals surface area contributed by atoms with Crippen molar-refractivity contribution >= 4 is 12.0 Å². The van der Waals surface area contributed by atoms with Gasteiger partial charge in [0.15, 0.2) is 0 Å². The molecule has 0 spiro atoms. The van der Waals surface area contributed by atoms with E-state index < -0.39 is 0 Å². The summed E-state index contributed by atoms with van der Waals surface area (Å²) in [6.07, 6.45) is 1.56. The van der Waals surface area contributed by atoms with Gasteiger partial charge in [0, 0.05) is 20.5 Å². The van der Waals surface area contributed by atoms with Crippen molar-refractivity contribution in [2.45, 2.75) is 32.7 Å². The quantitative estimate of drug-likeness (QED) is 0.729. The number of amides is 2. The van der Waals surface area contributed by atoms with Gasteiger partial charge in [0.1, 0.15) is 6.61 Å². The van der Waals surface area contributed by atoms with Crippen LogP contribution in [-0.4, -0.2) is 73.7 Å². The number of piperidine rings is 1. The van der Waals surface area contributed by atoms with Crippen molar-refractivity contribution in [1.82, 2.24) is 14.7 Å². The largest absolute Gasteiger partial charge is 0.447 e. The van der Waals surface area contributed by atoms with E-state index in [1.54, 1.807) is 14.0 Å². The Morgan fingerprint density at radius 2 is 1.95 bits per heavy atom. The summed E-state index contributed by atoms with van der Waals surface area (Å²) in [7, 11) is 5.49. The van der Waals surface area contributed by atoms with Gasteiger partial charge in [-0.15, -0.1) is 0 Å². The molecule has 0 aromatic carbocycles. The second-order valence-corrected chi connectivity index (χ2v) is 5.99. The standard InChI is InChI=1S/C14H27N3O3/c1-11-6-7-17(12(2)18)13(8-11)9-20-14(19)16(5)10-15(3)4/h11,13H,6-10H2,1-5H3. The van der Waals surface area contributed by atoms with Crippen molar-refractivity contribution in [3.8, 4) is 0 Å². The summed E-state index contributed by atoms with van der Waals surface area (Å²) in [5.41, 5.74) is 0. The molecule has 0 bridgehead atoms. The highest BCUT2D eigenvalue weighted by Crippen LogP contribution is 2.22. The summed E-state index contributed by atoms with van der Waals surface area (Å²) in [6.45, 7) is 5.29. The Hall–Kier alpha value is -1.30. The van der Waals surface area contributed by atoms with Crippen LogP contribution in [0.1, 0.15) is 26.7 Å². The van der Waals surface area contributed by atoms with Gasteiger partial charge in [0.05, 0.1) is 12.7 Å². The van der Waals surface area contributed by atoms with E-state index in [2.05, 4.69) is 6.92 Å². The SMILES string of the molecule is CC(=O)N1CCC(C)CC1COC(=O)N(C)CN(C)C. The average Bonchev–Trinajstić information content (AvgIpc) is 2.34. The molecule has 0 aromatic heterocycles. The van der Waals surface area contributed by atoms with Crippen molar-refractivity contribution in [3.05, 3.63) is 0 Å². The van der Waals surface area contributed by atoms with E-state index in [1.165, 1.54) is 4.90 Å². The number of carbonyl (C=O) groups excluding carboxylic acids is 2. The first-order valence-corrected chi connectivity index (χ1v) is 7.11. The molecule has 1 aliphatic heterocycles. The minimum Gasteiger partial charge on any atom is -0.447 e. The van der Waals surface area contributed by atoms with Crippen LogP contribution >= 0.6 is 0 Å². The van der Waals surface area contributed by atoms with E-state index in [4.69, 9.17) is 4.74 Å². The Labute approximate surface area is 121 Å². The summed E-state index contributed by atoms with van der Waals surface area (Å²) >= 11 is 0. The van der Waals surface area contributed by atoms with Crippen molar-refractivity contribution in [2.24, 2.45) is 5.92 Å². The molecule has 0 N–H and O–H groups in total. The molecule has 20 heavy (non-hydrogen) atoms. The predicted octanol–water partition coefficient (Wildman–Crippen LogP) is 1.22. The van der Waals surface area contributed by atoms with Gasteiger partial charge in [-0.3, -0.25) is 14.6 Å². The van der Waals surface area contributed by atoms with Crippen LogP contribution in [0.15, 0.2) is 0 Å². The lowest BCUT2D eigenvalue weighted by molar-refractivity contribution is -0.134. The van der Waals surface area contributed by atoms with Crippen LogP contribution in [0.3, 0.4) is 0 Å². The molecule has 1 aliphatic rings. The number of carbonyl (C=O) groups is 2. The number of hydrogen-bond acceptors (Lipinski definition) is 4. The Kier molecular flexibility index (Phi) is 6.26. The van der Waals surface area contributed by atoms with Crippen LogP contribution in [0.25, 0.3) is 0 Å². The first-order chi connectivity index (χ1) is 9.31. The minimum atomic E-state index is -0.347. The van der Waals surface area contributed by atoms with E-state index in [-0.39, 0.29) is 24.6 Å². The van der Waals surface area contributed by atoms with E-state index in [0.717, 1.165) is 19.4 Å². The Morgan fingerprint density at radius 3 is 2.50 bits per heavy atom. The summed E-state index contributed by atoms with van der Waals surface area (Å²) in [5, 5.41) is 0. The Morgan fingerprint density at radius 1 is 1.30 bits per heavy atom. The summed E-state index contributed by atoms with van der Waals surface area (Å²) in [4.78, 5) is 28.7. The maximum atomic E-state index is 11.9. The number of rotatable bonds is 4. The van der Waals surface area contributed by atoms with E-state index in [1.807, 2.05) is 23.9 Å². The lowest BCUT2D eigenvalue weighted by atomic mass is 9.93. The van der Waals surface area contributed by atoms with Crippen molar-refractivity contribution in [3.63, 3.8) is 0 Å². The third-order valence-electron chi connectivity index (χ3n) is 3.59. The molecule has 0 aliphatic carbocycles. The van der Waals surface area contributed by atoms with Crippen LogP contribution in [0.5, 0.6) is 0 Å². The van der Waals surface area contributed by atoms with Crippen LogP contribution in [-0.2, 0) is 9.53 Å². The van der Waals surface area contributed by atoms with Crippen molar-refractivity contribution in [2.75, 3.05) is 41.0 Å². The molecule has 1 rings (SSSR count). The van der Waals surface area contributed by atoms with Crippen LogP contribution in [0, 0.1) is 5.92 Å². The average molecular weight is 285 g/mol. The van der Waals surface area contributed by atoms with Gasteiger partial charge < -0.3 is 9.64 Å². The second kappa shape index (κ2) is 7.47.